The maximum atomic E-state index is 12.7. The van der Waals surface area contributed by atoms with Crippen molar-refractivity contribution in [2.45, 2.75) is 18.9 Å². The number of benzene rings is 2. The topological polar surface area (TPSA) is 90.5 Å². The van der Waals surface area contributed by atoms with Crippen LogP contribution in [0.4, 0.5) is 0 Å². The van der Waals surface area contributed by atoms with E-state index in [-0.39, 0.29) is 11.5 Å². The van der Waals surface area contributed by atoms with Gasteiger partial charge in [0.1, 0.15) is 6.04 Å². The molecule has 4 rings (SSSR count). The molecule has 3 aromatic rings. The fourth-order valence-corrected chi connectivity index (χ4v) is 3.55. The molecule has 1 atom stereocenters. The molecule has 0 saturated carbocycles. The van der Waals surface area contributed by atoms with Gasteiger partial charge in [0.25, 0.3) is 11.5 Å². The third kappa shape index (κ3) is 2.46. The number of pyridine rings is 1. The first-order valence-electron chi connectivity index (χ1n) is 8.15. The molecule has 126 valence electrons. The Bertz CT molecular complexity index is 1070. The summed E-state index contributed by atoms with van der Waals surface area (Å²) in [6.45, 7) is 0.433. The zero-order valence-corrected chi connectivity index (χ0v) is 13.4. The molecule has 1 aromatic heterocycles. The molecule has 6 heteroatoms. The van der Waals surface area contributed by atoms with Crippen LogP contribution >= 0.6 is 0 Å². The molecule has 1 amide bonds. The van der Waals surface area contributed by atoms with E-state index >= 15 is 0 Å². The number of H-pyrrole nitrogens is 1. The highest BCUT2D eigenvalue weighted by atomic mass is 16.4. The van der Waals surface area contributed by atoms with E-state index in [0.29, 0.717) is 35.9 Å². The minimum absolute atomic E-state index is 0.211. The maximum Gasteiger partial charge on any atom is 0.326 e. The predicted molar refractivity (Wildman–Crippen MR) is 93.8 cm³/mol. The smallest absolute Gasteiger partial charge is 0.326 e. The number of amides is 1. The molecule has 1 aliphatic heterocycles. The molecular formula is C19H16N2O4. The lowest BCUT2D eigenvalue weighted by atomic mass is 10.0. The Hall–Kier alpha value is -3.15. The molecule has 0 aliphatic carbocycles. The zero-order chi connectivity index (χ0) is 17.6. The van der Waals surface area contributed by atoms with E-state index in [1.165, 1.54) is 4.90 Å². The summed E-state index contributed by atoms with van der Waals surface area (Å²) in [4.78, 5) is 40.5. The Kier molecular flexibility index (Phi) is 3.53. The van der Waals surface area contributed by atoms with E-state index in [1.807, 2.05) is 12.1 Å². The molecule has 1 saturated heterocycles. The summed E-state index contributed by atoms with van der Waals surface area (Å²) in [7, 11) is 0. The molecular weight excluding hydrogens is 320 g/mol. The number of fused-ring (bicyclic) bond motifs is 3. The number of carbonyl (C=O) groups excluding carboxylic acids is 1. The van der Waals surface area contributed by atoms with E-state index in [9.17, 15) is 19.5 Å². The maximum absolute atomic E-state index is 12.7. The van der Waals surface area contributed by atoms with Crippen molar-refractivity contribution in [3.8, 4) is 0 Å². The van der Waals surface area contributed by atoms with Gasteiger partial charge in [-0.2, -0.15) is 0 Å². The Balaban J connectivity index is 1.82. The third-order valence-electron chi connectivity index (χ3n) is 4.78. The number of likely N-dealkylation sites (tertiary alicyclic amines) is 1. The monoisotopic (exact) mass is 336 g/mol. The number of carbonyl (C=O) groups is 2. The lowest BCUT2D eigenvalue weighted by molar-refractivity contribution is -0.141. The lowest BCUT2D eigenvalue weighted by Gasteiger charge is -2.21. The van der Waals surface area contributed by atoms with Crippen LogP contribution in [0.2, 0.25) is 0 Å². The highest BCUT2D eigenvalue weighted by Crippen LogP contribution is 2.25. The predicted octanol–water partition coefficient (Wildman–Crippen LogP) is 2.37. The number of nitrogens with zero attached hydrogens (tertiary/aromatic N) is 1. The van der Waals surface area contributed by atoms with Crippen molar-refractivity contribution in [2.24, 2.45) is 0 Å². The molecule has 1 fully saturated rings. The van der Waals surface area contributed by atoms with Crippen molar-refractivity contribution in [3.05, 3.63) is 58.4 Å². The molecule has 0 radical (unpaired) electrons. The van der Waals surface area contributed by atoms with Crippen LogP contribution in [0.1, 0.15) is 23.2 Å². The van der Waals surface area contributed by atoms with Crippen LogP contribution in [0.25, 0.3) is 21.7 Å². The number of carboxylic acid groups (broad SMARTS) is 1. The number of aliphatic carboxylic acids is 1. The minimum Gasteiger partial charge on any atom is -0.480 e. The number of hydrogen-bond acceptors (Lipinski definition) is 3. The Morgan fingerprint density at radius 1 is 1.08 bits per heavy atom. The van der Waals surface area contributed by atoms with E-state index < -0.39 is 12.0 Å². The standard InChI is InChI=1S/C19H16N2O4/c22-17-14-5-2-1-4-12(14)13-8-7-11(10-15(13)20-17)18(23)21-9-3-6-16(21)19(24)25/h1-2,4-5,7-8,10,16H,3,6,9H2,(H,20,22)(H,24,25). The van der Waals surface area contributed by atoms with Gasteiger partial charge in [0.05, 0.1) is 0 Å². The van der Waals surface area contributed by atoms with Crippen molar-refractivity contribution >= 4 is 33.6 Å². The highest BCUT2D eigenvalue weighted by Gasteiger charge is 2.34. The number of rotatable bonds is 2. The fourth-order valence-electron chi connectivity index (χ4n) is 3.55. The Labute approximate surface area is 142 Å². The summed E-state index contributed by atoms with van der Waals surface area (Å²) in [5.74, 6) is -1.30. The number of hydrogen-bond donors (Lipinski definition) is 2. The van der Waals surface area contributed by atoms with Gasteiger partial charge in [-0.05, 0) is 36.4 Å². The first-order chi connectivity index (χ1) is 12.1. The van der Waals surface area contributed by atoms with Crippen LogP contribution in [0.15, 0.2) is 47.3 Å². The summed E-state index contributed by atoms with van der Waals surface area (Å²) in [5.41, 5.74) is 0.740. The molecule has 6 nitrogen and oxygen atoms in total. The van der Waals surface area contributed by atoms with Gasteiger partial charge in [-0.3, -0.25) is 9.59 Å². The number of aromatic nitrogens is 1. The van der Waals surface area contributed by atoms with Crippen molar-refractivity contribution in [2.75, 3.05) is 6.54 Å². The van der Waals surface area contributed by atoms with E-state index in [0.717, 1.165) is 10.8 Å². The van der Waals surface area contributed by atoms with Crippen LogP contribution in [0, 0.1) is 0 Å². The lowest BCUT2D eigenvalue weighted by Crippen LogP contribution is -2.40. The van der Waals surface area contributed by atoms with Gasteiger partial charge < -0.3 is 15.0 Å². The molecule has 1 unspecified atom stereocenters. The van der Waals surface area contributed by atoms with Gasteiger partial charge in [0.15, 0.2) is 0 Å². The van der Waals surface area contributed by atoms with Crippen LogP contribution in [0.3, 0.4) is 0 Å². The van der Waals surface area contributed by atoms with Gasteiger partial charge in [0, 0.05) is 28.4 Å². The first kappa shape index (κ1) is 15.4. The Morgan fingerprint density at radius 2 is 1.84 bits per heavy atom. The minimum atomic E-state index is -0.981. The van der Waals surface area contributed by atoms with Crippen LogP contribution < -0.4 is 5.56 Å². The summed E-state index contributed by atoms with van der Waals surface area (Å²) >= 11 is 0. The van der Waals surface area contributed by atoms with Crippen molar-refractivity contribution < 1.29 is 14.7 Å². The largest absolute Gasteiger partial charge is 0.480 e. The van der Waals surface area contributed by atoms with Crippen LogP contribution in [-0.4, -0.2) is 39.5 Å². The molecule has 0 bridgehead atoms. The molecule has 0 spiro atoms. The van der Waals surface area contributed by atoms with Gasteiger partial charge in [-0.1, -0.05) is 24.3 Å². The molecule has 25 heavy (non-hydrogen) atoms. The highest BCUT2D eigenvalue weighted by molar-refractivity contribution is 6.08. The van der Waals surface area contributed by atoms with Gasteiger partial charge in [0.2, 0.25) is 0 Å². The van der Waals surface area contributed by atoms with E-state index in [1.54, 1.807) is 30.3 Å². The van der Waals surface area contributed by atoms with Crippen LogP contribution in [-0.2, 0) is 4.79 Å². The van der Waals surface area contributed by atoms with Crippen LogP contribution in [0.5, 0.6) is 0 Å². The molecule has 2 heterocycles. The Morgan fingerprint density at radius 3 is 2.60 bits per heavy atom. The zero-order valence-electron chi connectivity index (χ0n) is 13.4. The van der Waals surface area contributed by atoms with Gasteiger partial charge >= 0.3 is 5.97 Å². The summed E-state index contributed by atoms with van der Waals surface area (Å²) < 4.78 is 0. The second-order valence-electron chi connectivity index (χ2n) is 6.25. The third-order valence-corrected chi connectivity index (χ3v) is 4.78. The second-order valence-corrected chi connectivity index (χ2v) is 6.25. The number of aromatic amines is 1. The van der Waals surface area contributed by atoms with Gasteiger partial charge in [-0.15, -0.1) is 0 Å². The molecule has 2 aromatic carbocycles. The summed E-state index contributed by atoms with van der Waals surface area (Å²) in [6, 6.07) is 11.6. The van der Waals surface area contributed by atoms with Crippen molar-refractivity contribution in [3.63, 3.8) is 0 Å². The van der Waals surface area contributed by atoms with Gasteiger partial charge in [-0.25, -0.2) is 4.79 Å². The van der Waals surface area contributed by atoms with Crippen molar-refractivity contribution in [1.82, 2.24) is 9.88 Å². The summed E-state index contributed by atoms with van der Waals surface area (Å²) in [5, 5.41) is 11.5. The molecule has 2 N–H and O–H groups in total. The quantitative estimate of drug-likeness (QED) is 0.703. The summed E-state index contributed by atoms with van der Waals surface area (Å²) in [6.07, 6.45) is 1.15. The SMILES string of the molecule is O=C(O)C1CCCN1C(=O)c1ccc2c(c1)[nH]c(=O)c1ccccc12. The number of nitrogens with one attached hydrogen (secondary N) is 1. The van der Waals surface area contributed by atoms with Crippen molar-refractivity contribution in [1.29, 1.82) is 0 Å². The second kappa shape index (κ2) is 5.73. The average molecular weight is 336 g/mol. The van der Waals surface area contributed by atoms with E-state index in [4.69, 9.17) is 0 Å². The fraction of sp³-hybridized carbons (Fsp3) is 0.211. The number of carboxylic acids is 1. The molecule has 1 aliphatic rings. The average Bonchev–Trinajstić information content (AvgIpc) is 3.11. The first-order valence-corrected chi connectivity index (χ1v) is 8.15. The van der Waals surface area contributed by atoms with E-state index in [2.05, 4.69) is 4.98 Å². The normalized spacial score (nSPS) is 17.3.